The highest BCUT2D eigenvalue weighted by atomic mass is 16.5. The van der Waals surface area contributed by atoms with Crippen molar-refractivity contribution in [2.45, 2.75) is 51.7 Å². The van der Waals surface area contributed by atoms with Crippen molar-refractivity contribution in [2.75, 3.05) is 13.2 Å². The van der Waals surface area contributed by atoms with Crippen LogP contribution in [0.3, 0.4) is 0 Å². The average Bonchev–Trinajstić information content (AvgIpc) is 2.91. The van der Waals surface area contributed by atoms with Crippen molar-refractivity contribution in [3.63, 3.8) is 0 Å². The van der Waals surface area contributed by atoms with Crippen LogP contribution in [0.4, 0.5) is 0 Å². The van der Waals surface area contributed by atoms with Crippen LogP contribution in [0.15, 0.2) is 12.1 Å². The van der Waals surface area contributed by atoms with Gasteiger partial charge in [0, 0.05) is 24.8 Å². The van der Waals surface area contributed by atoms with Gasteiger partial charge in [0.15, 0.2) is 0 Å². The molecule has 0 spiro atoms. The molecule has 4 nitrogen and oxygen atoms in total. The highest BCUT2D eigenvalue weighted by Gasteiger charge is 2.17. The molecular formula is C15H24N2O2. The van der Waals surface area contributed by atoms with E-state index in [1.165, 1.54) is 0 Å². The Labute approximate surface area is 115 Å². The fraction of sp³-hybridized carbons (Fsp3) is 0.667. The normalized spacial score (nSPS) is 20.5. The summed E-state index contributed by atoms with van der Waals surface area (Å²) >= 11 is 0. The second kappa shape index (κ2) is 6.87. The second-order valence-corrected chi connectivity index (χ2v) is 5.22. The third-order valence-electron chi connectivity index (χ3n) is 3.50. The number of nitrogens with zero attached hydrogens (tertiary/aromatic N) is 1. The summed E-state index contributed by atoms with van der Waals surface area (Å²) in [6.07, 6.45) is 4.16. The number of rotatable bonds is 6. The number of nitrogens with two attached hydrogens (primary N) is 1. The largest absolute Gasteiger partial charge is 0.489 e. The Bertz CT molecular complexity index is 403. The zero-order chi connectivity index (χ0) is 13.7. The number of aromatic nitrogens is 1. The minimum atomic E-state index is 0.138. The lowest BCUT2D eigenvalue weighted by molar-refractivity contribution is 0.0674. The van der Waals surface area contributed by atoms with Crippen LogP contribution < -0.4 is 10.5 Å². The first-order valence-electron chi connectivity index (χ1n) is 7.15. The van der Waals surface area contributed by atoms with Crippen molar-refractivity contribution in [3.05, 3.63) is 23.5 Å². The molecule has 2 atom stereocenters. The van der Waals surface area contributed by atoms with Crippen molar-refractivity contribution in [1.29, 1.82) is 0 Å². The molecule has 0 aliphatic carbocycles. The SMILES string of the molecule is CCC(N)Cc1nc(C)ccc1OCC1CCCO1. The molecule has 2 N–H and O–H groups in total. The molecule has 1 aromatic heterocycles. The number of aryl methyl sites for hydroxylation is 1. The van der Waals surface area contributed by atoms with Gasteiger partial charge in [0.1, 0.15) is 12.4 Å². The molecule has 1 saturated heterocycles. The quantitative estimate of drug-likeness (QED) is 0.856. The van der Waals surface area contributed by atoms with E-state index >= 15 is 0 Å². The number of hydrogen-bond acceptors (Lipinski definition) is 4. The van der Waals surface area contributed by atoms with Crippen molar-refractivity contribution in [2.24, 2.45) is 5.73 Å². The van der Waals surface area contributed by atoms with Crippen molar-refractivity contribution in [3.8, 4) is 5.75 Å². The topological polar surface area (TPSA) is 57.4 Å². The molecule has 0 saturated carbocycles. The van der Waals surface area contributed by atoms with Crippen LogP contribution in [0, 0.1) is 6.92 Å². The predicted molar refractivity (Wildman–Crippen MR) is 75.4 cm³/mol. The van der Waals surface area contributed by atoms with E-state index in [1.54, 1.807) is 0 Å². The number of ether oxygens (including phenoxy) is 2. The Morgan fingerprint density at radius 2 is 2.37 bits per heavy atom. The van der Waals surface area contributed by atoms with E-state index in [2.05, 4.69) is 11.9 Å². The molecule has 0 radical (unpaired) electrons. The van der Waals surface area contributed by atoms with Gasteiger partial charge in [-0.25, -0.2) is 0 Å². The van der Waals surface area contributed by atoms with Gasteiger partial charge in [-0.15, -0.1) is 0 Å². The third kappa shape index (κ3) is 4.18. The van der Waals surface area contributed by atoms with E-state index in [0.29, 0.717) is 6.61 Å². The van der Waals surface area contributed by atoms with Crippen molar-refractivity contribution >= 4 is 0 Å². The molecule has 1 aliphatic rings. The first-order chi connectivity index (χ1) is 9.19. The minimum Gasteiger partial charge on any atom is -0.489 e. The van der Waals surface area contributed by atoms with Gasteiger partial charge in [0.25, 0.3) is 0 Å². The van der Waals surface area contributed by atoms with Gasteiger partial charge >= 0.3 is 0 Å². The summed E-state index contributed by atoms with van der Waals surface area (Å²) < 4.78 is 11.4. The molecule has 2 rings (SSSR count). The van der Waals surface area contributed by atoms with Gasteiger partial charge in [0.2, 0.25) is 0 Å². The predicted octanol–water partition coefficient (Wildman–Crippen LogP) is 2.23. The summed E-state index contributed by atoms with van der Waals surface area (Å²) in [4.78, 5) is 4.56. The van der Waals surface area contributed by atoms with Crippen molar-refractivity contribution < 1.29 is 9.47 Å². The number of hydrogen-bond donors (Lipinski definition) is 1. The molecule has 1 aliphatic heterocycles. The average molecular weight is 264 g/mol. The van der Waals surface area contributed by atoms with Crippen LogP contribution in [-0.4, -0.2) is 30.3 Å². The number of pyridine rings is 1. The van der Waals surface area contributed by atoms with Gasteiger partial charge < -0.3 is 15.2 Å². The van der Waals surface area contributed by atoms with Crippen LogP contribution in [0.25, 0.3) is 0 Å². The highest BCUT2D eigenvalue weighted by molar-refractivity contribution is 5.30. The highest BCUT2D eigenvalue weighted by Crippen LogP contribution is 2.21. The van der Waals surface area contributed by atoms with Gasteiger partial charge in [-0.05, 0) is 38.3 Å². The van der Waals surface area contributed by atoms with E-state index in [-0.39, 0.29) is 12.1 Å². The Morgan fingerprint density at radius 3 is 3.05 bits per heavy atom. The van der Waals surface area contributed by atoms with Gasteiger partial charge in [-0.3, -0.25) is 4.98 Å². The first-order valence-corrected chi connectivity index (χ1v) is 7.15. The molecule has 0 amide bonds. The van der Waals surface area contributed by atoms with Crippen LogP contribution in [0.1, 0.15) is 37.6 Å². The maximum atomic E-state index is 6.02. The lowest BCUT2D eigenvalue weighted by atomic mass is 10.1. The summed E-state index contributed by atoms with van der Waals surface area (Å²) in [5, 5.41) is 0. The molecule has 106 valence electrons. The molecule has 0 aromatic carbocycles. The van der Waals surface area contributed by atoms with Crippen LogP contribution in [0.2, 0.25) is 0 Å². The molecule has 2 unspecified atom stereocenters. The summed E-state index contributed by atoms with van der Waals surface area (Å²) in [5.41, 5.74) is 7.99. The van der Waals surface area contributed by atoms with Gasteiger partial charge in [-0.2, -0.15) is 0 Å². The monoisotopic (exact) mass is 264 g/mol. The molecule has 19 heavy (non-hydrogen) atoms. The minimum absolute atomic E-state index is 0.138. The standard InChI is InChI=1S/C15H24N2O2/c1-3-12(16)9-14-15(7-6-11(2)17-14)19-10-13-5-4-8-18-13/h6-7,12-13H,3-5,8-10,16H2,1-2H3. The Morgan fingerprint density at radius 1 is 1.53 bits per heavy atom. The Hall–Kier alpha value is -1.13. The molecule has 1 aromatic rings. The van der Waals surface area contributed by atoms with E-state index in [9.17, 15) is 0 Å². The Kier molecular flexibility index (Phi) is 5.16. The molecule has 4 heteroatoms. The molecular weight excluding hydrogens is 240 g/mol. The van der Waals surface area contributed by atoms with Gasteiger partial charge in [-0.1, -0.05) is 6.92 Å². The zero-order valence-corrected chi connectivity index (χ0v) is 11.9. The zero-order valence-electron chi connectivity index (χ0n) is 11.9. The van der Waals surface area contributed by atoms with Crippen molar-refractivity contribution in [1.82, 2.24) is 4.98 Å². The second-order valence-electron chi connectivity index (χ2n) is 5.22. The van der Waals surface area contributed by atoms with E-state index in [1.807, 2.05) is 19.1 Å². The lowest BCUT2D eigenvalue weighted by Gasteiger charge is -2.16. The molecule has 2 heterocycles. The van der Waals surface area contributed by atoms with Crippen LogP contribution in [0.5, 0.6) is 5.75 Å². The fourth-order valence-electron chi connectivity index (χ4n) is 2.23. The van der Waals surface area contributed by atoms with E-state index in [0.717, 1.165) is 49.4 Å². The van der Waals surface area contributed by atoms with E-state index in [4.69, 9.17) is 15.2 Å². The fourth-order valence-corrected chi connectivity index (χ4v) is 2.23. The van der Waals surface area contributed by atoms with Crippen LogP contribution >= 0.6 is 0 Å². The molecule has 1 fully saturated rings. The maximum absolute atomic E-state index is 6.02. The van der Waals surface area contributed by atoms with Crippen LogP contribution in [-0.2, 0) is 11.2 Å². The summed E-state index contributed by atoms with van der Waals surface area (Å²) in [6, 6.07) is 4.11. The lowest BCUT2D eigenvalue weighted by Crippen LogP contribution is -2.23. The Balaban J connectivity index is 2.00. The summed E-state index contributed by atoms with van der Waals surface area (Å²) in [5.74, 6) is 0.852. The summed E-state index contributed by atoms with van der Waals surface area (Å²) in [6.45, 7) is 5.55. The van der Waals surface area contributed by atoms with Gasteiger partial charge in [0.05, 0.1) is 11.8 Å². The molecule has 0 bridgehead atoms. The summed E-state index contributed by atoms with van der Waals surface area (Å²) in [7, 11) is 0. The maximum Gasteiger partial charge on any atom is 0.141 e. The smallest absolute Gasteiger partial charge is 0.141 e. The first kappa shape index (κ1) is 14.3. The van der Waals surface area contributed by atoms with E-state index < -0.39 is 0 Å². The third-order valence-corrected chi connectivity index (χ3v) is 3.50.